The number of hydrogen-bond donors (Lipinski definition) is 0. The molecule has 0 aromatic rings. The largest absolute Gasteiger partial charge is 0.0842 e. The van der Waals surface area contributed by atoms with Crippen molar-refractivity contribution in [2.75, 3.05) is 0 Å². The average Bonchev–Trinajstić information content (AvgIpc) is 2.21. The quantitative estimate of drug-likeness (QED) is 0.548. The van der Waals surface area contributed by atoms with E-state index in [2.05, 4.69) is 24.3 Å². The summed E-state index contributed by atoms with van der Waals surface area (Å²) in [5.41, 5.74) is 3.22. The minimum Gasteiger partial charge on any atom is -0.0842 e. The zero-order valence-electron chi connectivity index (χ0n) is 7.55. The highest BCUT2D eigenvalue weighted by Crippen LogP contribution is 2.28. The summed E-state index contributed by atoms with van der Waals surface area (Å²) in [5, 5.41) is 0. The molecule has 0 amide bonds. The van der Waals surface area contributed by atoms with E-state index in [9.17, 15) is 0 Å². The van der Waals surface area contributed by atoms with Gasteiger partial charge in [0.25, 0.3) is 0 Å². The summed E-state index contributed by atoms with van der Waals surface area (Å²) in [5.74, 6) is 0. The molecule has 2 aliphatic carbocycles. The molecule has 0 aliphatic heterocycles. The predicted octanol–water partition coefficient (Wildman–Crippen LogP) is 3.76. The van der Waals surface area contributed by atoms with Crippen LogP contribution in [0.3, 0.4) is 0 Å². The molecule has 0 saturated heterocycles. The smallest absolute Gasteiger partial charge is 0.0241 e. The summed E-state index contributed by atoms with van der Waals surface area (Å²) in [7, 11) is 0. The summed E-state index contributed by atoms with van der Waals surface area (Å²) in [4.78, 5) is 0. The normalized spacial score (nSPS) is 23.3. The lowest BCUT2D eigenvalue weighted by atomic mass is 9.89. The first-order chi connectivity index (χ1) is 5.97. The first-order valence-electron chi connectivity index (χ1n) is 5.02. The first kappa shape index (κ1) is 7.85. The average molecular weight is 160 g/mol. The van der Waals surface area contributed by atoms with Gasteiger partial charge in [-0.05, 0) is 49.7 Å². The van der Waals surface area contributed by atoms with Crippen molar-refractivity contribution in [2.24, 2.45) is 0 Å². The molecule has 0 aromatic carbocycles. The molecule has 0 nitrogen and oxygen atoms in total. The lowest BCUT2D eigenvalue weighted by molar-refractivity contribution is 0.698. The van der Waals surface area contributed by atoms with Gasteiger partial charge < -0.3 is 0 Å². The Labute approximate surface area is 74.7 Å². The Morgan fingerprint density at radius 1 is 0.917 bits per heavy atom. The van der Waals surface area contributed by atoms with Crippen LogP contribution in [0.25, 0.3) is 0 Å². The second-order valence-electron chi connectivity index (χ2n) is 3.63. The van der Waals surface area contributed by atoms with Crippen molar-refractivity contribution < 1.29 is 0 Å². The zero-order chi connectivity index (χ0) is 8.23. The van der Waals surface area contributed by atoms with Gasteiger partial charge in [-0.1, -0.05) is 24.3 Å². The minimum atomic E-state index is 1.24. The molecule has 64 valence electrons. The summed E-state index contributed by atoms with van der Waals surface area (Å²) in [6, 6.07) is 0. The van der Waals surface area contributed by atoms with E-state index in [0.29, 0.717) is 0 Å². The Morgan fingerprint density at radius 2 is 1.92 bits per heavy atom. The van der Waals surface area contributed by atoms with Crippen molar-refractivity contribution in [1.29, 1.82) is 0 Å². The number of hydrogen-bond acceptors (Lipinski definition) is 0. The van der Waals surface area contributed by atoms with Crippen LogP contribution in [0.5, 0.6) is 0 Å². The standard InChI is InChI=1S/C12H16/c1-3-7-11(8-4-1)12-9-5-2-6-10-12/h1,3,7,9H,2,4-6,8,10H2. The Hall–Kier alpha value is -0.780. The van der Waals surface area contributed by atoms with E-state index in [1.165, 1.54) is 38.5 Å². The predicted molar refractivity (Wildman–Crippen MR) is 53.0 cm³/mol. The van der Waals surface area contributed by atoms with Crippen LogP contribution in [0.4, 0.5) is 0 Å². The molecule has 0 bridgehead atoms. The van der Waals surface area contributed by atoms with Gasteiger partial charge in [-0.3, -0.25) is 0 Å². The van der Waals surface area contributed by atoms with E-state index < -0.39 is 0 Å². The molecule has 0 radical (unpaired) electrons. The molecule has 0 saturated carbocycles. The monoisotopic (exact) mass is 160 g/mol. The van der Waals surface area contributed by atoms with Crippen molar-refractivity contribution in [2.45, 2.75) is 38.5 Å². The van der Waals surface area contributed by atoms with Crippen LogP contribution in [0.15, 0.2) is 35.5 Å². The maximum absolute atomic E-state index is 2.44. The highest BCUT2D eigenvalue weighted by atomic mass is 14.1. The molecule has 2 rings (SSSR count). The van der Waals surface area contributed by atoms with E-state index in [1.807, 2.05) is 0 Å². The van der Waals surface area contributed by atoms with Crippen molar-refractivity contribution in [3.05, 3.63) is 35.5 Å². The molecule has 12 heavy (non-hydrogen) atoms. The minimum absolute atomic E-state index is 1.24. The third-order valence-electron chi connectivity index (χ3n) is 2.72. The molecule has 0 fully saturated rings. The third-order valence-corrected chi connectivity index (χ3v) is 2.72. The van der Waals surface area contributed by atoms with Crippen LogP contribution in [0.2, 0.25) is 0 Å². The fourth-order valence-corrected chi connectivity index (χ4v) is 2.00. The molecule has 2 aliphatic rings. The van der Waals surface area contributed by atoms with Crippen LogP contribution < -0.4 is 0 Å². The molecule has 0 atom stereocenters. The van der Waals surface area contributed by atoms with Crippen molar-refractivity contribution in [3.8, 4) is 0 Å². The number of rotatable bonds is 1. The summed E-state index contributed by atoms with van der Waals surface area (Å²) in [6.45, 7) is 0. The van der Waals surface area contributed by atoms with E-state index in [4.69, 9.17) is 0 Å². The molecule has 0 aromatic heterocycles. The van der Waals surface area contributed by atoms with Crippen molar-refractivity contribution >= 4 is 0 Å². The van der Waals surface area contributed by atoms with Gasteiger partial charge in [0, 0.05) is 0 Å². The SMILES string of the molecule is C1=CCCC(C2=CCCCC2)=C1. The van der Waals surface area contributed by atoms with Crippen LogP contribution in [-0.4, -0.2) is 0 Å². The van der Waals surface area contributed by atoms with Gasteiger partial charge in [-0.25, -0.2) is 0 Å². The highest BCUT2D eigenvalue weighted by Gasteiger charge is 2.08. The highest BCUT2D eigenvalue weighted by molar-refractivity contribution is 5.36. The maximum Gasteiger partial charge on any atom is -0.0241 e. The first-order valence-corrected chi connectivity index (χ1v) is 5.02. The van der Waals surface area contributed by atoms with E-state index in [0.717, 1.165) is 0 Å². The van der Waals surface area contributed by atoms with Crippen molar-refractivity contribution in [1.82, 2.24) is 0 Å². The summed E-state index contributed by atoms with van der Waals surface area (Å²) >= 11 is 0. The zero-order valence-corrected chi connectivity index (χ0v) is 7.55. The van der Waals surface area contributed by atoms with Crippen molar-refractivity contribution in [3.63, 3.8) is 0 Å². The fourth-order valence-electron chi connectivity index (χ4n) is 2.00. The molecule has 0 heterocycles. The van der Waals surface area contributed by atoms with E-state index in [-0.39, 0.29) is 0 Å². The van der Waals surface area contributed by atoms with Gasteiger partial charge in [-0.2, -0.15) is 0 Å². The second-order valence-corrected chi connectivity index (χ2v) is 3.63. The third kappa shape index (κ3) is 1.69. The second kappa shape index (κ2) is 3.75. The Bertz CT molecular complexity index is 241. The topological polar surface area (TPSA) is 0 Å². The van der Waals surface area contributed by atoms with Gasteiger partial charge in [0.15, 0.2) is 0 Å². The van der Waals surface area contributed by atoms with Gasteiger partial charge in [0.1, 0.15) is 0 Å². The van der Waals surface area contributed by atoms with Gasteiger partial charge in [0.05, 0.1) is 0 Å². The van der Waals surface area contributed by atoms with Gasteiger partial charge in [-0.15, -0.1) is 0 Å². The fraction of sp³-hybridized carbons (Fsp3) is 0.500. The molecule has 0 heteroatoms. The van der Waals surface area contributed by atoms with Gasteiger partial charge in [0.2, 0.25) is 0 Å². The van der Waals surface area contributed by atoms with E-state index >= 15 is 0 Å². The molecular weight excluding hydrogens is 144 g/mol. The van der Waals surface area contributed by atoms with Crippen LogP contribution in [-0.2, 0) is 0 Å². The van der Waals surface area contributed by atoms with Crippen LogP contribution in [0.1, 0.15) is 38.5 Å². The van der Waals surface area contributed by atoms with Crippen LogP contribution in [0, 0.1) is 0 Å². The number of allylic oxidation sites excluding steroid dienone is 6. The Balaban J connectivity index is 2.11. The van der Waals surface area contributed by atoms with Crippen LogP contribution >= 0.6 is 0 Å². The lowest BCUT2D eigenvalue weighted by Crippen LogP contribution is -1.97. The Morgan fingerprint density at radius 3 is 2.58 bits per heavy atom. The maximum atomic E-state index is 2.44. The summed E-state index contributed by atoms with van der Waals surface area (Å²) < 4.78 is 0. The molecular formula is C12H16. The van der Waals surface area contributed by atoms with Gasteiger partial charge >= 0.3 is 0 Å². The molecule has 0 N–H and O–H groups in total. The summed E-state index contributed by atoms with van der Waals surface area (Å²) in [6.07, 6.45) is 17.1. The molecule has 0 spiro atoms. The molecule has 0 unspecified atom stereocenters. The lowest BCUT2D eigenvalue weighted by Gasteiger charge is -2.16. The van der Waals surface area contributed by atoms with E-state index in [1.54, 1.807) is 11.1 Å². The Kier molecular flexibility index (Phi) is 2.45.